The van der Waals surface area contributed by atoms with E-state index in [1.54, 1.807) is 0 Å². The zero-order chi connectivity index (χ0) is 21.9. The lowest BCUT2D eigenvalue weighted by atomic mass is 10.1. The lowest BCUT2D eigenvalue weighted by molar-refractivity contribution is 0.102. The molecule has 1 heterocycles. The fourth-order valence-corrected chi connectivity index (χ4v) is 4.63. The average Bonchev–Trinajstić information content (AvgIpc) is 3.26. The Morgan fingerprint density at radius 3 is 2.34 bits per heavy atom. The zero-order valence-corrected chi connectivity index (χ0v) is 18.6. The third-order valence-corrected chi connectivity index (χ3v) is 6.42. The molecule has 0 unspecified atom stereocenters. The Labute approximate surface area is 194 Å². The van der Waals surface area contributed by atoms with E-state index in [-0.39, 0.29) is 11.5 Å². The lowest BCUT2D eigenvalue weighted by Crippen LogP contribution is -2.05. The molecule has 1 aromatic heterocycles. The van der Waals surface area contributed by atoms with Crippen molar-refractivity contribution in [3.8, 4) is 17.1 Å². The van der Waals surface area contributed by atoms with Crippen molar-refractivity contribution in [1.29, 1.82) is 0 Å². The highest BCUT2D eigenvalue weighted by atomic mass is 35.5. The minimum atomic E-state index is 0.0441. The van der Waals surface area contributed by atoms with Gasteiger partial charge in [0.05, 0.1) is 10.8 Å². The Kier molecular flexibility index (Phi) is 5.75. The van der Waals surface area contributed by atoms with Crippen molar-refractivity contribution in [2.45, 2.75) is 5.16 Å². The third kappa shape index (κ3) is 4.05. The van der Waals surface area contributed by atoms with Crippen molar-refractivity contribution in [2.24, 2.45) is 0 Å². The van der Waals surface area contributed by atoms with Gasteiger partial charge in [-0.25, -0.2) is 0 Å². The number of rotatable bonds is 6. The lowest BCUT2D eigenvalue weighted by Gasteiger charge is -2.11. The van der Waals surface area contributed by atoms with Gasteiger partial charge < -0.3 is 0 Å². The van der Waals surface area contributed by atoms with E-state index in [9.17, 15) is 4.79 Å². The number of aromatic nitrogens is 3. The SMILES string of the molecule is O=C(CSc1nnc(-c2ccccc2Cl)n1-c1ccccc1)c1ccc2ccccc2c1. The van der Waals surface area contributed by atoms with E-state index in [2.05, 4.69) is 10.2 Å². The highest BCUT2D eigenvalue weighted by Crippen LogP contribution is 2.32. The molecular formula is C26H18ClN3OS. The summed E-state index contributed by atoms with van der Waals surface area (Å²) in [5.74, 6) is 0.941. The second-order valence-corrected chi connectivity index (χ2v) is 8.58. The van der Waals surface area contributed by atoms with Gasteiger partial charge in [0, 0.05) is 16.8 Å². The molecule has 0 saturated heterocycles. The van der Waals surface area contributed by atoms with Gasteiger partial charge in [0.1, 0.15) is 0 Å². The fourth-order valence-electron chi connectivity index (χ4n) is 3.57. The third-order valence-electron chi connectivity index (χ3n) is 5.17. The Balaban J connectivity index is 1.47. The number of hydrogen-bond donors (Lipinski definition) is 0. The summed E-state index contributed by atoms with van der Waals surface area (Å²) in [7, 11) is 0. The molecule has 0 N–H and O–H groups in total. The van der Waals surface area contributed by atoms with Gasteiger partial charge in [0.25, 0.3) is 0 Å². The molecule has 0 spiro atoms. The highest BCUT2D eigenvalue weighted by Gasteiger charge is 2.19. The van der Waals surface area contributed by atoms with Crippen LogP contribution < -0.4 is 0 Å². The maximum absolute atomic E-state index is 12.9. The van der Waals surface area contributed by atoms with Gasteiger partial charge in [0.2, 0.25) is 0 Å². The van der Waals surface area contributed by atoms with E-state index in [1.165, 1.54) is 11.8 Å². The van der Waals surface area contributed by atoms with Crippen LogP contribution in [0.25, 0.3) is 27.8 Å². The van der Waals surface area contributed by atoms with Crippen LogP contribution in [-0.2, 0) is 0 Å². The number of ketones is 1. The first kappa shape index (κ1) is 20.5. The Morgan fingerprint density at radius 2 is 1.53 bits per heavy atom. The van der Waals surface area contributed by atoms with Gasteiger partial charge in [-0.1, -0.05) is 90.1 Å². The van der Waals surface area contributed by atoms with Crippen molar-refractivity contribution in [2.75, 3.05) is 5.75 Å². The molecule has 5 aromatic rings. The van der Waals surface area contributed by atoms with Gasteiger partial charge >= 0.3 is 0 Å². The summed E-state index contributed by atoms with van der Waals surface area (Å²) in [4.78, 5) is 12.9. The summed E-state index contributed by atoms with van der Waals surface area (Å²) in [5.41, 5.74) is 2.39. The molecule has 0 amide bonds. The molecule has 0 aliphatic heterocycles. The number of para-hydroxylation sites is 1. The number of Topliss-reactive ketones (excluding diaryl/α,β-unsaturated/α-hetero) is 1. The first-order valence-electron chi connectivity index (χ1n) is 10.1. The fraction of sp³-hybridized carbons (Fsp3) is 0.0385. The van der Waals surface area contributed by atoms with Gasteiger partial charge in [0.15, 0.2) is 16.8 Å². The summed E-state index contributed by atoms with van der Waals surface area (Å²) >= 11 is 7.81. The quantitative estimate of drug-likeness (QED) is 0.211. The molecule has 0 radical (unpaired) electrons. The molecule has 0 fully saturated rings. The van der Waals surface area contributed by atoms with E-state index in [0.29, 0.717) is 21.6 Å². The normalized spacial score (nSPS) is 11.0. The van der Waals surface area contributed by atoms with Crippen molar-refractivity contribution in [1.82, 2.24) is 14.8 Å². The van der Waals surface area contributed by atoms with Crippen LogP contribution in [0.3, 0.4) is 0 Å². The Morgan fingerprint density at radius 1 is 0.812 bits per heavy atom. The van der Waals surface area contributed by atoms with Crippen LogP contribution in [0.1, 0.15) is 10.4 Å². The van der Waals surface area contributed by atoms with E-state index in [1.807, 2.05) is 102 Å². The second kappa shape index (κ2) is 8.99. The smallest absolute Gasteiger partial charge is 0.196 e. The maximum atomic E-state index is 12.9. The summed E-state index contributed by atoms with van der Waals surface area (Å²) in [6.07, 6.45) is 0. The number of fused-ring (bicyclic) bond motifs is 1. The Hall–Kier alpha value is -3.41. The highest BCUT2D eigenvalue weighted by molar-refractivity contribution is 7.99. The first-order chi connectivity index (χ1) is 15.7. The maximum Gasteiger partial charge on any atom is 0.196 e. The molecule has 156 valence electrons. The summed E-state index contributed by atoms with van der Waals surface area (Å²) in [5, 5.41) is 12.2. The largest absolute Gasteiger partial charge is 0.293 e. The van der Waals surface area contributed by atoms with Gasteiger partial charge in [-0.15, -0.1) is 10.2 Å². The van der Waals surface area contributed by atoms with Gasteiger partial charge in [-0.05, 0) is 41.1 Å². The standard InChI is InChI=1S/C26H18ClN3OS/c27-23-13-7-6-12-22(23)25-28-29-26(30(25)21-10-2-1-3-11-21)32-17-24(31)20-15-14-18-8-4-5-9-19(18)16-20/h1-16H,17H2. The topological polar surface area (TPSA) is 47.8 Å². The molecule has 32 heavy (non-hydrogen) atoms. The molecule has 0 saturated carbocycles. The molecule has 0 aliphatic rings. The minimum absolute atomic E-state index is 0.0441. The number of carbonyl (C=O) groups is 1. The number of hydrogen-bond acceptors (Lipinski definition) is 4. The zero-order valence-electron chi connectivity index (χ0n) is 17.0. The number of carbonyl (C=O) groups excluding carboxylic acids is 1. The molecule has 4 nitrogen and oxygen atoms in total. The van der Waals surface area contributed by atoms with Crippen molar-refractivity contribution in [3.05, 3.63) is 108 Å². The molecule has 4 aromatic carbocycles. The van der Waals surface area contributed by atoms with E-state index in [0.717, 1.165) is 22.0 Å². The van der Waals surface area contributed by atoms with Crippen LogP contribution in [0, 0.1) is 0 Å². The predicted molar refractivity (Wildman–Crippen MR) is 131 cm³/mol. The van der Waals surface area contributed by atoms with Crippen molar-refractivity contribution < 1.29 is 4.79 Å². The van der Waals surface area contributed by atoms with Gasteiger partial charge in [-0.2, -0.15) is 0 Å². The molecule has 0 bridgehead atoms. The van der Waals surface area contributed by atoms with Crippen LogP contribution in [0.2, 0.25) is 5.02 Å². The Bertz CT molecular complexity index is 1420. The first-order valence-corrected chi connectivity index (χ1v) is 11.5. The van der Waals surface area contributed by atoms with Crippen LogP contribution in [0.4, 0.5) is 0 Å². The van der Waals surface area contributed by atoms with Crippen molar-refractivity contribution in [3.63, 3.8) is 0 Å². The number of benzene rings is 4. The van der Waals surface area contributed by atoms with Crippen LogP contribution in [0.5, 0.6) is 0 Å². The second-order valence-electron chi connectivity index (χ2n) is 7.23. The van der Waals surface area contributed by atoms with Crippen LogP contribution in [-0.4, -0.2) is 26.3 Å². The monoisotopic (exact) mass is 455 g/mol. The summed E-state index contributed by atoms with van der Waals surface area (Å²) in [6, 6.07) is 31.2. The molecule has 0 atom stereocenters. The summed E-state index contributed by atoms with van der Waals surface area (Å²) in [6.45, 7) is 0. The van der Waals surface area contributed by atoms with Crippen LogP contribution in [0.15, 0.2) is 102 Å². The predicted octanol–water partition coefficient (Wildman–Crippen LogP) is 6.72. The minimum Gasteiger partial charge on any atom is -0.293 e. The number of nitrogens with zero attached hydrogens (tertiary/aromatic N) is 3. The average molecular weight is 456 g/mol. The van der Waals surface area contributed by atoms with E-state index < -0.39 is 0 Å². The molecule has 6 heteroatoms. The van der Waals surface area contributed by atoms with Crippen molar-refractivity contribution >= 4 is 39.9 Å². The summed E-state index contributed by atoms with van der Waals surface area (Å²) < 4.78 is 1.94. The van der Waals surface area contributed by atoms with Gasteiger partial charge in [-0.3, -0.25) is 9.36 Å². The number of halogens is 1. The van der Waals surface area contributed by atoms with Crippen LogP contribution >= 0.6 is 23.4 Å². The molecular weight excluding hydrogens is 438 g/mol. The number of thioether (sulfide) groups is 1. The molecule has 5 rings (SSSR count). The molecule has 0 aliphatic carbocycles. The van der Waals surface area contributed by atoms with E-state index >= 15 is 0 Å². The van der Waals surface area contributed by atoms with E-state index in [4.69, 9.17) is 11.6 Å².